The molecule has 7 heteroatoms. The van der Waals surface area contributed by atoms with Crippen LogP contribution in [-0.4, -0.2) is 36.1 Å². The maximum atomic E-state index is 12.4. The molecule has 0 aliphatic rings. The molecule has 0 aliphatic carbocycles. The molecule has 0 unspecified atom stereocenters. The molecule has 3 rings (SSSR count). The van der Waals surface area contributed by atoms with Crippen molar-refractivity contribution in [2.24, 2.45) is 0 Å². The van der Waals surface area contributed by atoms with Crippen molar-refractivity contribution in [3.63, 3.8) is 0 Å². The van der Waals surface area contributed by atoms with E-state index in [0.717, 1.165) is 28.1 Å². The van der Waals surface area contributed by atoms with Gasteiger partial charge in [-0.25, -0.2) is 0 Å². The molecular formula is C23H25N3O3S. The Morgan fingerprint density at radius 2 is 1.63 bits per heavy atom. The van der Waals surface area contributed by atoms with Crippen LogP contribution in [0, 0.1) is 20.8 Å². The van der Waals surface area contributed by atoms with Gasteiger partial charge in [0, 0.05) is 11.3 Å². The summed E-state index contributed by atoms with van der Waals surface area (Å²) in [6.07, 6.45) is 0. The standard InChI is InChI=1S/C23H25N3O3S/c1-14-10-15(2)23(16(3)11-14)24-21(27)13-30-22-9-7-18(25-26-22)17-6-8-19(28-4)20(12-17)29-5/h6-12H,13H2,1-5H3,(H,24,27). The van der Waals surface area contributed by atoms with E-state index in [2.05, 4.69) is 27.6 Å². The number of nitrogens with zero attached hydrogens (tertiary/aromatic N) is 2. The van der Waals surface area contributed by atoms with Crippen LogP contribution in [0.2, 0.25) is 0 Å². The minimum Gasteiger partial charge on any atom is -0.493 e. The van der Waals surface area contributed by atoms with Crippen molar-refractivity contribution in [1.29, 1.82) is 0 Å². The zero-order valence-electron chi connectivity index (χ0n) is 17.8. The fourth-order valence-electron chi connectivity index (χ4n) is 3.24. The number of thioether (sulfide) groups is 1. The molecule has 6 nitrogen and oxygen atoms in total. The molecule has 0 saturated heterocycles. The zero-order valence-corrected chi connectivity index (χ0v) is 18.6. The van der Waals surface area contributed by atoms with Crippen LogP contribution in [0.3, 0.4) is 0 Å². The summed E-state index contributed by atoms with van der Waals surface area (Å²) in [5, 5.41) is 12.2. The lowest BCUT2D eigenvalue weighted by Gasteiger charge is -2.12. The third-order valence-electron chi connectivity index (χ3n) is 4.61. The minimum absolute atomic E-state index is 0.0687. The highest BCUT2D eigenvalue weighted by molar-refractivity contribution is 7.99. The van der Waals surface area contributed by atoms with Crippen LogP contribution in [-0.2, 0) is 4.79 Å². The molecule has 156 valence electrons. The van der Waals surface area contributed by atoms with Crippen molar-refractivity contribution in [2.45, 2.75) is 25.8 Å². The molecule has 0 saturated carbocycles. The Morgan fingerprint density at radius 3 is 2.23 bits per heavy atom. The number of amides is 1. The molecule has 0 aliphatic heterocycles. The molecule has 0 spiro atoms. The van der Waals surface area contributed by atoms with Crippen LogP contribution in [0.15, 0.2) is 47.5 Å². The number of benzene rings is 2. The summed E-state index contributed by atoms with van der Waals surface area (Å²) in [4.78, 5) is 12.4. The zero-order chi connectivity index (χ0) is 21.7. The predicted molar refractivity (Wildman–Crippen MR) is 121 cm³/mol. The average molecular weight is 424 g/mol. The van der Waals surface area contributed by atoms with Crippen LogP contribution < -0.4 is 14.8 Å². The van der Waals surface area contributed by atoms with Crippen LogP contribution in [0.4, 0.5) is 5.69 Å². The number of carbonyl (C=O) groups is 1. The van der Waals surface area contributed by atoms with Gasteiger partial charge in [-0.2, -0.15) is 0 Å². The van der Waals surface area contributed by atoms with E-state index in [1.165, 1.54) is 17.3 Å². The van der Waals surface area contributed by atoms with Gasteiger partial charge in [0.25, 0.3) is 0 Å². The second-order valence-electron chi connectivity index (χ2n) is 6.94. The Morgan fingerprint density at radius 1 is 0.933 bits per heavy atom. The largest absolute Gasteiger partial charge is 0.493 e. The van der Waals surface area contributed by atoms with E-state index in [-0.39, 0.29) is 11.7 Å². The number of aromatic nitrogens is 2. The highest BCUT2D eigenvalue weighted by Crippen LogP contribution is 2.31. The first kappa shape index (κ1) is 21.6. The topological polar surface area (TPSA) is 73.3 Å². The van der Waals surface area contributed by atoms with Gasteiger partial charge in [0.1, 0.15) is 5.03 Å². The Hall–Kier alpha value is -3.06. The van der Waals surface area contributed by atoms with Crippen molar-refractivity contribution in [3.8, 4) is 22.8 Å². The third-order valence-corrected chi connectivity index (χ3v) is 5.53. The molecular weight excluding hydrogens is 398 g/mol. The Balaban J connectivity index is 1.63. The van der Waals surface area contributed by atoms with Gasteiger partial charge in [-0.1, -0.05) is 29.5 Å². The van der Waals surface area contributed by atoms with E-state index in [1.54, 1.807) is 14.2 Å². The van der Waals surface area contributed by atoms with Gasteiger partial charge < -0.3 is 14.8 Å². The molecule has 0 radical (unpaired) electrons. The normalized spacial score (nSPS) is 10.6. The number of aryl methyl sites for hydroxylation is 3. The fourth-order valence-corrected chi connectivity index (χ4v) is 3.85. The summed E-state index contributed by atoms with van der Waals surface area (Å²) in [7, 11) is 3.19. The van der Waals surface area contributed by atoms with Crippen molar-refractivity contribution >= 4 is 23.4 Å². The summed E-state index contributed by atoms with van der Waals surface area (Å²) in [5.41, 5.74) is 5.77. The number of ether oxygens (including phenoxy) is 2. The average Bonchev–Trinajstić information content (AvgIpc) is 2.74. The maximum absolute atomic E-state index is 12.4. The molecule has 1 amide bonds. The van der Waals surface area contributed by atoms with E-state index >= 15 is 0 Å². The summed E-state index contributed by atoms with van der Waals surface area (Å²) in [5.74, 6) is 1.48. The second kappa shape index (κ2) is 9.63. The fraction of sp³-hybridized carbons (Fsp3) is 0.261. The van der Waals surface area contributed by atoms with E-state index < -0.39 is 0 Å². The van der Waals surface area contributed by atoms with Gasteiger partial charge in [-0.15, -0.1) is 10.2 Å². The monoisotopic (exact) mass is 423 g/mol. The first-order valence-corrected chi connectivity index (χ1v) is 10.5. The SMILES string of the molecule is COc1ccc(-c2ccc(SCC(=O)Nc3c(C)cc(C)cc3C)nn2)cc1OC. The summed E-state index contributed by atoms with van der Waals surface area (Å²) in [6, 6.07) is 13.5. The van der Waals surface area contributed by atoms with E-state index in [1.807, 2.05) is 51.1 Å². The van der Waals surface area contributed by atoms with Gasteiger partial charge >= 0.3 is 0 Å². The second-order valence-corrected chi connectivity index (χ2v) is 7.93. The quantitative estimate of drug-likeness (QED) is 0.550. The molecule has 3 aromatic rings. The summed E-state index contributed by atoms with van der Waals surface area (Å²) < 4.78 is 10.6. The molecule has 30 heavy (non-hydrogen) atoms. The first-order chi connectivity index (χ1) is 14.4. The van der Waals surface area contributed by atoms with E-state index in [9.17, 15) is 4.79 Å². The number of hydrogen-bond acceptors (Lipinski definition) is 6. The van der Waals surface area contributed by atoms with Crippen molar-refractivity contribution in [1.82, 2.24) is 10.2 Å². The van der Waals surface area contributed by atoms with Crippen molar-refractivity contribution in [3.05, 3.63) is 59.2 Å². The number of carbonyl (C=O) groups excluding carboxylic acids is 1. The molecule has 0 atom stereocenters. The van der Waals surface area contributed by atoms with Crippen molar-refractivity contribution < 1.29 is 14.3 Å². The highest BCUT2D eigenvalue weighted by atomic mass is 32.2. The molecule has 0 bridgehead atoms. The van der Waals surface area contributed by atoms with Crippen LogP contribution in [0.1, 0.15) is 16.7 Å². The summed E-state index contributed by atoms with van der Waals surface area (Å²) >= 11 is 1.35. The highest BCUT2D eigenvalue weighted by Gasteiger charge is 2.11. The number of hydrogen-bond donors (Lipinski definition) is 1. The molecule has 2 aromatic carbocycles. The van der Waals surface area contributed by atoms with Gasteiger partial charge in [-0.05, 0) is 62.2 Å². The molecule has 1 N–H and O–H groups in total. The third kappa shape index (κ3) is 5.10. The van der Waals surface area contributed by atoms with Gasteiger partial charge in [0.2, 0.25) is 5.91 Å². The Labute approximate surface area is 181 Å². The van der Waals surface area contributed by atoms with Crippen LogP contribution in [0.5, 0.6) is 11.5 Å². The Kier molecular flexibility index (Phi) is 6.95. The molecule has 1 heterocycles. The lowest BCUT2D eigenvalue weighted by atomic mass is 10.1. The minimum atomic E-state index is -0.0687. The van der Waals surface area contributed by atoms with Gasteiger partial charge in [0.15, 0.2) is 11.5 Å². The van der Waals surface area contributed by atoms with Crippen LogP contribution >= 0.6 is 11.8 Å². The predicted octanol–water partition coefficient (Wildman–Crippen LogP) is 4.82. The maximum Gasteiger partial charge on any atom is 0.234 e. The smallest absolute Gasteiger partial charge is 0.234 e. The van der Waals surface area contributed by atoms with Gasteiger partial charge in [-0.3, -0.25) is 4.79 Å². The van der Waals surface area contributed by atoms with Crippen molar-refractivity contribution in [2.75, 3.05) is 25.3 Å². The first-order valence-electron chi connectivity index (χ1n) is 9.48. The number of rotatable bonds is 7. The molecule has 0 fully saturated rings. The number of anilines is 1. The number of methoxy groups -OCH3 is 2. The van der Waals surface area contributed by atoms with Crippen LogP contribution in [0.25, 0.3) is 11.3 Å². The lowest BCUT2D eigenvalue weighted by molar-refractivity contribution is -0.113. The van der Waals surface area contributed by atoms with E-state index in [0.29, 0.717) is 16.5 Å². The van der Waals surface area contributed by atoms with E-state index in [4.69, 9.17) is 9.47 Å². The summed E-state index contributed by atoms with van der Waals surface area (Å²) in [6.45, 7) is 6.05. The molecule has 1 aromatic heterocycles. The lowest BCUT2D eigenvalue weighted by Crippen LogP contribution is -2.16. The Bertz CT molecular complexity index is 1030. The van der Waals surface area contributed by atoms with Gasteiger partial charge in [0.05, 0.1) is 25.7 Å². The number of nitrogens with one attached hydrogen (secondary N) is 1.